The van der Waals surface area contributed by atoms with Crippen molar-refractivity contribution in [1.82, 2.24) is 0 Å². The molecule has 0 aliphatic carbocycles. The molecular weight excluding hydrogens is 152 g/mol. The standard InChI is InChI=1S/C10H12S/c1-8(2)4-6-10-7-5-9(3)11-10/h4-7H,1H2,2-3H3/b6-4+. The van der Waals surface area contributed by atoms with Gasteiger partial charge in [-0.3, -0.25) is 0 Å². The average Bonchev–Trinajstić information content (AvgIpc) is 2.31. The normalized spacial score (nSPS) is 10.7. The highest BCUT2D eigenvalue weighted by atomic mass is 32.1. The molecule has 0 nitrogen and oxygen atoms in total. The summed E-state index contributed by atoms with van der Waals surface area (Å²) in [6, 6.07) is 4.25. The predicted molar refractivity (Wildman–Crippen MR) is 52.9 cm³/mol. The zero-order chi connectivity index (χ0) is 8.27. The predicted octanol–water partition coefficient (Wildman–Crippen LogP) is 3.65. The molecule has 0 spiro atoms. The fourth-order valence-electron chi connectivity index (χ4n) is 0.767. The molecule has 0 aliphatic heterocycles. The van der Waals surface area contributed by atoms with Gasteiger partial charge in [-0.2, -0.15) is 0 Å². The van der Waals surface area contributed by atoms with Gasteiger partial charge in [-0.25, -0.2) is 0 Å². The molecule has 0 N–H and O–H groups in total. The molecule has 1 heterocycles. The maximum absolute atomic E-state index is 3.79. The Bertz CT molecular complexity index is 279. The summed E-state index contributed by atoms with van der Waals surface area (Å²) in [6.45, 7) is 7.91. The molecule has 0 saturated heterocycles. The van der Waals surface area contributed by atoms with Crippen LogP contribution in [0.2, 0.25) is 0 Å². The molecule has 0 aliphatic rings. The van der Waals surface area contributed by atoms with E-state index >= 15 is 0 Å². The van der Waals surface area contributed by atoms with Gasteiger partial charge >= 0.3 is 0 Å². The van der Waals surface area contributed by atoms with E-state index in [0.717, 1.165) is 5.57 Å². The summed E-state index contributed by atoms with van der Waals surface area (Å²) in [5, 5.41) is 0. The van der Waals surface area contributed by atoms with Crippen LogP contribution in [0, 0.1) is 6.92 Å². The number of hydrogen-bond donors (Lipinski definition) is 0. The van der Waals surface area contributed by atoms with E-state index in [1.165, 1.54) is 9.75 Å². The summed E-state index contributed by atoms with van der Waals surface area (Å²) in [5.74, 6) is 0. The summed E-state index contributed by atoms with van der Waals surface area (Å²) in [4.78, 5) is 2.65. The molecular formula is C10H12S. The Labute approximate surface area is 71.9 Å². The van der Waals surface area contributed by atoms with Crippen molar-refractivity contribution in [3.8, 4) is 0 Å². The lowest BCUT2D eigenvalue weighted by atomic mass is 10.3. The molecule has 0 saturated carbocycles. The van der Waals surface area contributed by atoms with Gasteiger partial charge in [0.25, 0.3) is 0 Å². The maximum Gasteiger partial charge on any atom is 0.0273 e. The summed E-state index contributed by atoms with van der Waals surface area (Å²) >= 11 is 1.80. The molecule has 1 heteroatoms. The molecule has 0 radical (unpaired) electrons. The molecule has 0 fully saturated rings. The van der Waals surface area contributed by atoms with E-state index in [0.29, 0.717) is 0 Å². The van der Waals surface area contributed by atoms with E-state index in [1.54, 1.807) is 11.3 Å². The van der Waals surface area contributed by atoms with Gasteiger partial charge in [0, 0.05) is 9.75 Å². The van der Waals surface area contributed by atoms with Gasteiger partial charge < -0.3 is 0 Å². The van der Waals surface area contributed by atoms with Gasteiger partial charge in [-0.1, -0.05) is 18.2 Å². The number of allylic oxidation sites excluding steroid dienone is 2. The minimum absolute atomic E-state index is 1.09. The molecule has 11 heavy (non-hydrogen) atoms. The summed E-state index contributed by atoms with van der Waals surface area (Å²) < 4.78 is 0. The number of thiophene rings is 1. The zero-order valence-corrected chi connectivity index (χ0v) is 7.74. The molecule has 0 unspecified atom stereocenters. The lowest BCUT2D eigenvalue weighted by Gasteiger charge is -1.83. The molecule has 0 aromatic carbocycles. The first kappa shape index (κ1) is 8.28. The number of hydrogen-bond acceptors (Lipinski definition) is 1. The number of aryl methyl sites for hydroxylation is 1. The third kappa shape index (κ3) is 2.72. The highest BCUT2D eigenvalue weighted by molar-refractivity contribution is 7.12. The lowest BCUT2D eigenvalue weighted by Crippen LogP contribution is -1.60. The summed E-state index contributed by atoms with van der Waals surface area (Å²) in [6.07, 6.45) is 4.13. The van der Waals surface area contributed by atoms with Crippen molar-refractivity contribution in [1.29, 1.82) is 0 Å². The van der Waals surface area contributed by atoms with Gasteiger partial charge in [0.15, 0.2) is 0 Å². The molecule has 58 valence electrons. The summed E-state index contributed by atoms with van der Waals surface area (Å²) in [5.41, 5.74) is 1.09. The van der Waals surface area contributed by atoms with Gasteiger partial charge in [-0.15, -0.1) is 11.3 Å². The van der Waals surface area contributed by atoms with Gasteiger partial charge in [0.2, 0.25) is 0 Å². The fraction of sp³-hybridized carbons (Fsp3) is 0.200. The fourth-order valence-corrected chi connectivity index (χ4v) is 1.55. The largest absolute Gasteiger partial charge is 0.141 e. The van der Waals surface area contributed by atoms with Crippen LogP contribution < -0.4 is 0 Å². The summed E-state index contributed by atoms with van der Waals surface area (Å²) in [7, 11) is 0. The SMILES string of the molecule is C=C(C)/C=C/c1ccc(C)s1. The van der Waals surface area contributed by atoms with Crippen molar-refractivity contribution < 1.29 is 0 Å². The quantitative estimate of drug-likeness (QED) is 0.585. The maximum atomic E-state index is 3.79. The zero-order valence-electron chi connectivity index (χ0n) is 6.92. The van der Waals surface area contributed by atoms with E-state index in [4.69, 9.17) is 0 Å². The topological polar surface area (TPSA) is 0 Å². The van der Waals surface area contributed by atoms with Crippen molar-refractivity contribution in [2.75, 3.05) is 0 Å². The number of rotatable bonds is 2. The Morgan fingerprint density at radius 1 is 1.55 bits per heavy atom. The highest BCUT2D eigenvalue weighted by Crippen LogP contribution is 2.16. The van der Waals surface area contributed by atoms with Gasteiger partial charge in [0.05, 0.1) is 0 Å². The van der Waals surface area contributed by atoms with E-state index < -0.39 is 0 Å². The van der Waals surface area contributed by atoms with Crippen LogP contribution in [0.25, 0.3) is 6.08 Å². The van der Waals surface area contributed by atoms with Crippen LogP contribution in [0.1, 0.15) is 16.7 Å². The molecule has 0 atom stereocenters. The minimum atomic E-state index is 1.09. The van der Waals surface area contributed by atoms with Crippen LogP contribution in [0.3, 0.4) is 0 Å². The Hall–Kier alpha value is -0.820. The lowest BCUT2D eigenvalue weighted by molar-refractivity contribution is 1.58. The minimum Gasteiger partial charge on any atom is -0.141 e. The molecule has 1 rings (SSSR count). The molecule has 1 aromatic heterocycles. The van der Waals surface area contributed by atoms with Gasteiger partial charge in [0.1, 0.15) is 0 Å². The van der Waals surface area contributed by atoms with Crippen LogP contribution in [0.4, 0.5) is 0 Å². The van der Waals surface area contributed by atoms with Crippen LogP contribution in [0.5, 0.6) is 0 Å². The highest BCUT2D eigenvalue weighted by Gasteiger charge is 1.89. The smallest absolute Gasteiger partial charge is 0.0273 e. The first-order valence-electron chi connectivity index (χ1n) is 3.58. The molecule has 1 aromatic rings. The third-order valence-electron chi connectivity index (χ3n) is 1.29. The first-order valence-corrected chi connectivity index (χ1v) is 4.40. The van der Waals surface area contributed by atoms with Crippen molar-refractivity contribution in [2.45, 2.75) is 13.8 Å². The van der Waals surface area contributed by atoms with E-state index in [2.05, 4.69) is 31.7 Å². The van der Waals surface area contributed by atoms with Crippen molar-refractivity contribution in [2.24, 2.45) is 0 Å². The van der Waals surface area contributed by atoms with Crippen molar-refractivity contribution in [3.63, 3.8) is 0 Å². The van der Waals surface area contributed by atoms with Crippen LogP contribution in [0.15, 0.2) is 30.4 Å². The van der Waals surface area contributed by atoms with E-state index in [1.807, 2.05) is 13.0 Å². The Kier molecular flexibility index (Phi) is 2.66. The Morgan fingerprint density at radius 2 is 2.27 bits per heavy atom. The first-order chi connectivity index (χ1) is 5.18. The second-order valence-corrected chi connectivity index (χ2v) is 3.95. The Morgan fingerprint density at radius 3 is 2.73 bits per heavy atom. The van der Waals surface area contributed by atoms with Crippen LogP contribution in [-0.2, 0) is 0 Å². The van der Waals surface area contributed by atoms with Crippen LogP contribution in [-0.4, -0.2) is 0 Å². The second kappa shape index (κ2) is 3.54. The Balaban J connectivity index is 2.71. The molecule has 0 bridgehead atoms. The van der Waals surface area contributed by atoms with Gasteiger partial charge in [-0.05, 0) is 32.1 Å². The van der Waals surface area contributed by atoms with Crippen LogP contribution >= 0.6 is 11.3 Å². The van der Waals surface area contributed by atoms with Crippen molar-refractivity contribution in [3.05, 3.63) is 40.1 Å². The van der Waals surface area contributed by atoms with E-state index in [-0.39, 0.29) is 0 Å². The monoisotopic (exact) mass is 164 g/mol. The second-order valence-electron chi connectivity index (χ2n) is 2.63. The molecule has 0 amide bonds. The van der Waals surface area contributed by atoms with E-state index in [9.17, 15) is 0 Å². The third-order valence-corrected chi connectivity index (χ3v) is 2.26. The average molecular weight is 164 g/mol. The van der Waals surface area contributed by atoms with Crippen molar-refractivity contribution >= 4 is 17.4 Å².